The molecule has 5 aliphatic carbocycles. The van der Waals surface area contributed by atoms with E-state index in [-0.39, 0.29) is 16.7 Å². The van der Waals surface area contributed by atoms with Crippen molar-refractivity contribution in [2.24, 2.45) is 11.3 Å². The molecule has 0 atom stereocenters. The van der Waals surface area contributed by atoms with Gasteiger partial charge in [0.15, 0.2) is 5.82 Å². The van der Waals surface area contributed by atoms with Crippen molar-refractivity contribution in [3.63, 3.8) is 0 Å². The van der Waals surface area contributed by atoms with Crippen LogP contribution in [0.25, 0.3) is 11.1 Å². The molecule has 2 bridgehead atoms. The molecule has 0 unspecified atom stereocenters. The summed E-state index contributed by atoms with van der Waals surface area (Å²) in [5.41, 5.74) is 3.30. The van der Waals surface area contributed by atoms with Crippen LogP contribution >= 0.6 is 0 Å². The molecule has 0 radical (unpaired) electrons. The van der Waals surface area contributed by atoms with Crippen LogP contribution in [0.1, 0.15) is 114 Å². The fraction of sp³-hybridized carbons (Fsp3) is 0.600. The van der Waals surface area contributed by atoms with Gasteiger partial charge in [0.25, 0.3) is 0 Å². The second-order valence-corrected chi connectivity index (χ2v) is 13.6. The zero-order chi connectivity index (χ0) is 28.6. The van der Waals surface area contributed by atoms with Gasteiger partial charge in [0, 0.05) is 42.2 Å². The zero-order valence-corrected chi connectivity index (χ0v) is 25.0. The maximum Gasteiger partial charge on any atom is 0.232 e. The summed E-state index contributed by atoms with van der Waals surface area (Å²) in [6.45, 7) is 3.34. The molecule has 5 aliphatic rings. The summed E-state index contributed by atoms with van der Waals surface area (Å²) in [5, 5.41) is 4.35. The molecule has 1 amide bonds. The van der Waals surface area contributed by atoms with Crippen LogP contribution in [0.15, 0.2) is 47.1 Å². The Morgan fingerprint density at radius 2 is 1.74 bits per heavy atom. The lowest BCUT2D eigenvalue weighted by molar-refractivity contribution is -0.120. The van der Waals surface area contributed by atoms with E-state index in [9.17, 15) is 4.79 Å². The predicted octanol–water partition coefficient (Wildman–Crippen LogP) is 8.00. The molecule has 8 rings (SSSR count). The van der Waals surface area contributed by atoms with Crippen LogP contribution < -0.4 is 9.64 Å². The topological polar surface area (TPSA) is 81.4 Å². The monoisotopic (exact) mass is 568 g/mol. The minimum absolute atomic E-state index is 0.0261. The Balaban J connectivity index is 1.13. The van der Waals surface area contributed by atoms with Crippen molar-refractivity contribution in [3.8, 4) is 17.0 Å². The highest BCUT2D eigenvalue weighted by molar-refractivity contribution is 5.94. The Morgan fingerprint density at radius 3 is 2.48 bits per heavy atom. The summed E-state index contributed by atoms with van der Waals surface area (Å²) >= 11 is 0. The van der Waals surface area contributed by atoms with Gasteiger partial charge >= 0.3 is 0 Å². The summed E-state index contributed by atoms with van der Waals surface area (Å²) < 4.78 is 11.5. The highest BCUT2D eigenvalue weighted by Crippen LogP contribution is 2.58. The first kappa shape index (κ1) is 27.6. The quantitative estimate of drug-likeness (QED) is 0.246. The molecule has 7 nitrogen and oxygen atoms in total. The first-order chi connectivity index (χ1) is 20.5. The minimum atomic E-state index is 0.0261. The summed E-state index contributed by atoms with van der Waals surface area (Å²) in [5.74, 6) is 3.73. The lowest BCUT2D eigenvalue weighted by Crippen LogP contribution is -2.51. The van der Waals surface area contributed by atoms with Gasteiger partial charge in [0.1, 0.15) is 0 Å². The maximum absolute atomic E-state index is 14.2. The number of fused-ring (bicyclic) bond motifs is 3. The number of hydrogen-bond donors (Lipinski definition) is 0. The molecule has 0 N–H and O–H groups in total. The number of benzene rings is 1. The molecular formula is C35H44N4O3. The van der Waals surface area contributed by atoms with Gasteiger partial charge in [0.2, 0.25) is 17.7 Å². The molecule has 5 fully saturated rings. The van der Waals surface area contributed by atoms with E-state index in [0.717, 1.165) is 73.6 Å². The van der Waals surface area contributed by atoms with E-state index in [1.54, 1.807) is 6.20 Å². The minimum Gasteiger partial charge on any atom is -0.478 e. The van der Waals surface area contributed by atoms with Crippen molar-refractivity contribution in [2.75, 3.05) is 18.1 Å². The van der Waals surface area contributed by atoms with Crippen molar-refractivity contribution in [1.29, 1.82) is 0 Å². The van der Waals surface area contributed by atoms with E-state index in [0.29, 0.717) is 30.7 Å². The molecule has 0 spiro atoms. The van der Waals surface area contributed by atoms with E-state index >= 15 is 0 Å². The van der Waals surface area contributed by atoms with E-state index in [2.05, 4.69) is 39.3 Å². The number of carbonyl (C=O) groups excluding carboxylic acids is 1. The van der Waals surface area contributed by atoms with Crippen molar-refractivity contribution >= 4 is 11.6 Å². The van der Waals surface area contributed by atoms with E-state index in [4.69, 9.17) is 14.2 Å². The maximum atomic E-state index is 14.2. The number of pyridine rings is 1. The van der Waals surface area contributed by atoms with Gasteiger partial charge in [-0.3, -0.25) is 4.79 Å². The third kappa shape index (κ3) is 5.59. The van der Waals surface area contributed by atoms with Gasteiger partial charge in [-0.15, -0.1) is 0 Å². The van der Waals surface area contributed by atoms with Gasteiger partial charge in [-0.25, -0.2) is 4.98 Å². The SMILES string of the molecule is CCOc1cc(-c2cccc(N(CC34CCC(c5nc(C6CC6)no5)(CC3)CC4)C(=O)CC3CCCCC3)c2)ccn1. The number of hydrogen-bond acceptors (Lipinski definition) is 6. The number of ether oxygens (including phenoxy) is 1. The Kier molecular flexibility index (Phi) is 7.53. The molecule has 1 aromatic carbocycles. The van der Waals surface area contributed by atoms with Gasteiger partial charge in [0.05, 0.1) is 6.61 Å². The second kappa shape index (κ2) is 11.5. The zero-order valence-electron chi connectivity index (χ0n) is 25.0. The van der Waals surface area contributed by atoms with Gasteiger partial charge in [-0.2, -0.15) is 4.98 Å². The van der Waals surface area contributed by atoms with Crippen molar-refractivity contribution < 1.29 is 14.1 Å². The normalized spacial score (nSPS) is 25.8. The van der Waals surface area contributed by atoms with Crippen LogP contribution in [0.4, 0.5) is 5.69 Å². The fourth-order valence-electron chi connectivity index (χ4n) is 7.86. The third-order valence-electron chi connectivity index (χ3n) is 10.7. The Morgan fingerprint density at radius 1 is 0.976 bits per heavy atom. The number of aromatic nitrogens is 3. The van der Waals surface area contributed by atoms with E-state index in [1.807, 2.05) is 19.1 Å². The molecule has 2 heterocycles. The largest absolute Gasteiger partial charge is 0.478 e. The highest BCUT2D eigenvalue weighted by atomic mass is 16.5. The third-order valence-corrected chi connectivity index (χ3v) is 10.7. The Labute approximate surface area is 249 Å². The Bertz CT molecular complexity index is 1380. The van der Waals surface area contributed by atoms with E-state index in [1.165, 1.54) is 44.9 Å². The average Bonchev–Trinajstić information content (AvgIpc) is 3.77. The van der Waals surface area contributed by atoms with Crippen LogP contribution in [0.2, 0.25) is 0 Å². The number of amides is 1. The van der Waals surface area contributed by atoms with Crippen LogP contribution in [-0.2, 0) is 10.2 Å². The lowest BCUT2D eigenvalue weighted by atomic mass is 9.53. The fourth-order valence-corrected chi connectivity index (χ4v) is 7.86. The molecular weight excluding hydrogens is 524 g/mol. The Hall–Kier alpha value is -3.22. The van der Waals surface area contributed by atoms with Crippen LogP contribution in [-0.4, -0.2) is 34.2 Å². The first-order valence-electron chi connectivity index (χ1n) is 16.4. The highest BCUT2D eigenvalue weighted by Gasteiger charge is 2.53. The lowest BCUT2D eigenvalue weighted by Gasteiger charge is -2.53. The smallest absolute Gasteiger partial charge is 0.232 e. The van der Waals surface area contributed by atoms with Crippen molar-refractivity contribution in [2.45, 2.75) is 108 Å². The van der Waals surface area contributed by atoms with Crippen molar-refractivity contribution in [1.82, 2.24) is 15.1 Å². The summed E-state index contributed by atoms with van der Waals surface area (Å²) in [6, 6.07) is 12.5. The number of nitrogens with zero attached hydrogens (tertiary/aromatic N) is 4. The molecule has 3 aromatic rings. The number of rotatable bonds is 10. The molecule has 5 saturated carbocycles. The number of carbonyl (C=O) groups is 1. The summed E-state index contributed by atoms with van der Waals surface area (Å²) in [4.78, 5) is 25.5. The van der Waals surface area contributed by atoms with E-state index < -0.39 is 0 Å². The van der Waals surface area contributed by atoms with Crippen LogP contribution in [0.3, 0.4) is 0 Å². The van der Waals surface area contributed by atoms with Crippen molar-refractivity contribution in [3.05, 3.63) is 54.3 Å². The van der Waals surface area contributed by atoms with Gasteiger partial charge < -0.3 is 14.2 Å². The molecule has 7 heteroatoms. The predicted molar refractivity (Wildman–Crippen MR) is 162 cm³/mol. The van der Waals surface area contributed by atoms with Crippen LogP contribution in [0, 0.1) is 11.3 Å². The number of anilines is 1. The van der Waals surface area contributed by atoms with Gasteiger partial charge in [-0.05, 0) is 112 Å². The standard InChI is InChI=1S/C35H44N4O3/c1-2-41-30-23-28(13-20-36-30)27-9-6-10-29(22-27)39(31(40)21-25-7-4-3-5-8-25)24-34-14-17-35(18-15-34,19-16-34)33-37-32(38-42-33)26-11-12-26/h6,9-10,13,20,22-23,25-26H,2-5,7-8,11-12,14-19,21,24H2,1H3. The molecule has 2 aromatic heterocycles. The van der Waals surface area contributed by atoms with Crippen LogP contribution in [0.5, 0.6) is 5.88 Å². The van der Waals surface area contributed by atoms with Gasteiger partial charge in [-0.1, -0.05) is 36.6 Å². The average molecular weight is 569 g/mol. The summed E-state index contributed by atoms with van der Waals surface area (Å²) in [6.07, 6.45) is 17.5. The molecule has 0 saturated heterocycles. The second-order valence-electron chi connectivity index (χ2n) is 13.6. The molecule has 222 valence electrons. The summed E-state index contributed by atoms with van der Waals surface area (Å²) in [7, 11) is 0. The molecule has 0 aliphatic heterocycles. The molecule has 42 heavy (non-hydrogen) atoms. The first-order valence-corrected chi connectivity index (χ1v) is 16.4.